The monoisotopic (exact) mass is 472 g/mol. The fraction of sp³-hybridized carbons (Fsp3) is 0.179. The quantitative estimate of drug-likeness (QED) is 0.382. The van der Waals surface area contributed by atoms with E-state index < -0.39 is 16.1 Å². The van der Waals surface area contributed by atoms with Crippen molar-refractivity contribution in [1.82, 2.24) is 10.0 Å². The van der Waals surface area contributed by atoms with E-state index in [4.69, 9.17) is 0 Å². The lowest BCUT2D eigenvalue weighted by atomic mass is 9.99. The molecule has 4 aromatic rings. The second-order valence-corrected chi connectivity index (χ2v) is 10.2. The van der Waals surface area contributed by atoms with Crippen molar-refractivity contribution < 1.29 is 13.2 Å². The van der Waals surface area contributed by atoms with E-state index in [-0.39, 0.29) is 23.3 Å². The third-order valence-corrected chi connectivity index (χ3v) is 7.36. The molecule has 4 aromatic carbocycles. The Balaban J connectivity index is 1.60. The van der Waals surface area contributed by atoms with Crippen molar-refractivity contribution in [2.75, 3.05) is 0 Å². The molecule has 0 aliphatic heterocycles. The van der Waals surface area contributed by atoms with Crippen LogP contribution in [0.5, 0.6) is 0 Å². The van der Waals surface area contributed by atoms with Crippen LogP contribution in [0.1, 0.15) is 29.7 Å². The standard InChI is InChI=1S/C28H28N2O3S/c1-20-15-17-24(18-16-20)34(32,33)30-27(19-22-9-4-3-5-10-22)28(31)29-21(2)25-14-8-12-23-11-6-7-13-26(23)25/h3-18,21,27,30H,19H2,1-2H3,(H,29,31)/t21-,27-/m0/s1. The molecule has 1 amide bonds. The first kappa shape index (κ1) is 23.7. The second kappa shape index (κ2) is 10.2. The molecule has 2 atom stereocenters. The topological polar surface area (TPSA) is 75.3 Å². The highest BCUT2D eigenvalue weighted by Gasteiger charge is 2.27. The van der Waals surface area contributed by atoms with Gasteiger partial charge in [0.2, 0.25) is 15.9 Å². The summed E-state index contributed by atoms with van der Waals surface area (Å²) in [4.78, 5) is 13.5. The molecule has 34 heavy (non-hydrogen) atoms. The van der Waals surface area contributed by atoms with Gasteiger partial charge < -0.3 is 5.32 Å². The summed E-state index contributed by atoms with van der Waals surface area (Å²) < 4.78 is 28.8. The summed E-state index contributed by atoms with van der Waals surface area (Å²) in [6, 6.07) is 28.7. The van der Waals surface area contributed by atoms with Crippen molar-refractivity contribution >= 4 is 26.7 Å². The Hall–Kier alpha value is -3.48. The van der Waals surface area contributed by atoms with Gasteiger partial charge in [-0.05, 0) is 54.3 Å². The molecule has 5 nitrogen and oxygen atoms in total. The van der Waals surface area contributed by atoms with Gasteiger partial charge in [0.25, 0.3) is 0 Å². The van der Waals surface area contributed by atoms with Crippen LogP contribution in [0, 0.1) is 6.92 Å². The number of sulfonamides is 1. The van der Waals surface area contributed by atoms with Gasteiger partial charge in [0, 0.05) is 0 Å². The van der Waals surface area contributed by atoms with Crippen LogP contribution in [0.4, 0.5) is 0 Å². The van der Waals surface area contributed by atoms with Gasteiger partial charge in [0.1, 0.15) is 6.04 Å². The number of carbonyl (C=O) groups is 1. The second-order valence-electron chi connectivity index (χ2n) is 8.48. The van der Waals surface area contributed by atoms with E-state index in [1.54, 1.807) is 24.3 Å². The van der Waals surface area contributed by atoms with E-state index in [9.17, 15) is 13.2 Å². The minimum absolute atomic E-state index is 0.131. The highest BCUT2D eigenvalue weighted by molar-refractivity contribution is 7.89. The Kier molecular flexibility index (Phi) is 7.10. The lowest BCUT2D eigenvalue weighted by molar-refractivity contribution is -0.123. The molecule has 4 rings (SSSR count). The average molecular weight is 473 g/mol. The fourth-order valence-electron chi connectivity index (χ4n) is 4.03. The van der Waals surface area contributed by atoms with Crippen LogP contribution in [0.3, 0.4) is 0 Å². The molecule has 0 saturated heterocycles. The zero-order chi connectivity index (χ0) is 24.1. The molecule has 6 heteroatoms. The lowest BCUT2D eigenvalue weighted by Crippen LogP contribution is -2.48. The van der Waals surface area contributed by atoms with Crippen molar-refractivity contribution in [3.8, 4) is 0 Å². The first-order valence-corrected chi connectivity index (χ1v) is 12.7. The van der Waals surface area contributed by atoms with E-state index >= 15 is 0 Å². The van der Waals surface area contributed by atoms with Crippen LogP contribution < -0.4 is 10.0 Å². The Labute approximate surface area is 200 Å². The van der Waals surface area contributed by atoms with Crippen LogP contribution in [0.25, 0.3) is 10.8 Å². The van der Waals surface area contributed by atoms with E-state index in [1.165, 1.54) is 0 Å². The largest absolute Gasteiger partial charge is 0.348 e. The summed E-state index contributed by atoms with van der Waals surface area (Å²) in [6.45, 7) is 3.80. The smallest absolute Gasteiger partial charge is 0.241 e. The van der Waals surface area contributed by atoms with Gasteiger partial charge in [-0.3, -0.25) is 4.79 Å². The number of carbonyl (C=O) groups excluding carboxylic acids is 1. The Morgan fingerprint density at radius 1 is 0.824 bits per heavy atom. The predicted molar refractivity (Wildman–Crippen MR) is 136 cm³/mol. The number of rotatable bonds is 8. The maximum Gasteiger partial charge on any atom is 0.241 e. The van der Waals surface area contributed by atoms with Crippen LogP contribution in [0.15, 0.2) is 102 Å². The molecule has 0 saturated carbocycles. The predicted octanol–water partition coefficient (Wildman–Crippen LogP) is 4.92. The summed E-state index contributed by atoms with van der Waals surface area (Å²) in [7, 11) is -3.89. The van der Waals surface area contributed by atoms with Gasteiger partial charge in [0.15, 0.2) is 0 Å². The SMILES string of the molecule is Cc1ccc(S(=O)(=O)N[C@@H](Cc2ccccc2)C(=O)N[C@@H](C)c2cccc3ccccc23)cc1. The van der Waals surface area contributed by atoms with Crippen molar-refractivity contribution in [3.05, 3.63) is 114 Å². The van der Waals surface area contributed by atoms with E-state index in [0.29, 0.717) is 0 Å². The zero-order valence-corrected chi connectivity index (χ0v) is 20.0. The molecule has 0 heterocycles. The first-order chi connectivity index (χ1) is 16.3. The highest BCUT2D eigenvalue weighted by Crippen LogP contribution is 2.24. The molecular formula is C28H28N2O3S. The number of hydrogen-bond donors (Lipinski definition) is 2. The summed E-state index contributed by atoms with van der Waals surface area (Å²) in [5.74, 6) is -0.375. The number of benzene rings is 4. The van der Waals surface area contributed by atoms with Crippen LogP contribution >= 0.6 is 0 Å². The number of aryl methyl sites for hydroxylation is 1. The number of nitrogens with one attached hydrogen (secondary N) is 2. The summed E-state index contributed by atoms with van der Waals surface area (Å²) >= 11 is 0. The maximum atomic E-state index is 13.4. The Bertz CT molecular complexity index is 1380. The van der Waals surface area contributed by atoms with Crippen molar-refractivity contribution in [3.63, 3.8) is 0 Å². The molecule has 0 bridgehead atoms. The van der Waals surface area contributed by atoms with Gasteiger partial charge in [-0.15, -0.1) is 0 Å². The number of amides is 1. The zero-order valence-electron chi connectivity index (χ0n) is 19.2. The Morgan fingerprint density at radius 3 is 2.21 bits per heavy atom. The van der Waals surface area contributed by atoms with E-state index in [1.807, 2.05) is 86.6 Å². The fourth-order valence-corrected chi connectivity index (χ4v) is 5.23. The molecule has 0 aliphatic rings. The van der Waals surface area contributed by atoms with Gasteiger partial charge >= 0.3 is 0 Å². The van der Waals surface area contributed by atoms with Crippen LogP contribution in [0.2, 0.25) is 0 Å². The van der Waals surface area contributed by atoms with Crippen molar-refractivity contribution in [2.24, 2.45) is 0 Å². The van der Waals surface area contributed by atoms with E-state index in [0.717, 1.165) is 27.5 Å². The van der Waals surface area contributed by atoms with Gasteiger partial charge in [0.05, 0.1) is 10.9 Å². The maximum absolute atomic E-state index is 13.4. The molecule has 0 radical (unpaired) electrons. The van der Waals surface area contributed by atoms with E-state index in [2.05, 4.69) is 10.0 Å². The van der Waals surface area contributed by atoms with Gasteiger partial charge in [-0.1, -0.05) is 90.5 Å². The minimum Gasteiger partial charge on any atom is -0.348 e. The normalized spacial score (nSPS) is 13.4. The molecule has 0 fully saturated rings. The average Bonchev–Trinajstić information content (AvgIpc) is 2.84. The molecule has 0 unspecified atom stereocenters. The Morgan fingerprint density at radius 2 is 1.47 bits per heavy atom. The first-order valence-electron chi connectivity index (χ1n) is 11.2. The molecule has 174 valence electrons. The third kappa shape index (κ3) is 5.53. The van der Waals surface area contributed by atoms with Crippen molar-refractivity contribution in [1.29, 1.82) is 0 Å². The molecule has 0 aromatic heterocycles. The number of hydrogen-bond acceptors (Lipinski definition) is 3. The molecule has 0 aliphatic carbocycles. The highest BCUT2D eigenvalue weighted by atomic mass is 32.2. The summed E-state index contributed by atoms with van der Waals surface area (Å²) in [5, 5.41) is 5.16. The molecule has 0 spiro atoms. The van der Waals surface area contributed by atoms with Gasteiger partial charge in [-0.25, -0.2) is 8.42 Å². The molecular weight excluding hydrogens is 444 g/mol. The van der Waals surface area contributed by atoms with Gasteiger partial charge in [-0.2, -0.15) is 4.72 Å². The molecule has 2 N–H and O–H groups in total. The lowest BCUT2D eigenvalue weighted by Gasteiger charge is -2.22. The summed E-state index contributed by atoms with van der Waals surface area (Å²) in [5.41, 5.74) is 2.81. The number of fused-ring (bicyclic) bond motifs is 1. The van der Waals surface area contributed by atoms with Crippen molar-refractivity contribution in [2.45, 2.75) is 37.2 Å². The third-order valence-electron chi connectivity index (χ3n) is 5.88. The minimum atomic E-state index is -3.89. The summed E-state index contributed by atoms with van der Waals surface area (Å²) in [6.07, 6.45) is 0.236. The van der Waals surface area contributed by atoms with Crippen LogP contribution in [-0.2, 0) is 21.2 Å². The van der Waals surface area contributed by atoms with Crippen LogP contribution in [-0.4, -0.2) is 20.4 Å².